The lowest BCUT2D eigenvalue weighted by Gasteiger charge is -2.10. The van der Waals surface area contributed by atoms with Gasteiger partial charge in [0, 0.05) is 12.9 Å². The average Bonchev–Trinajstić information content (AvgIpc) is 2.10. The highest BCUT2D eigenvalue weighted by Gasteiger charge is 1.98. The van der Waals surface area contributed by atoms with Gasteiger partial charge in [0.2, 0.25) is 0 Å². The summed E-state index contributed by atoms with van der Waals surface area (Å²) in [6, 6.07) is 3.48. The van der Waals surface area contributed by atoms with Crippen molar-refractivity contribution in [3.05, 3.63) is 31.1 Å². The number of hydrogen-bond acceptors (Lipinski definition) is 4. The van der Waals surface area contributed by atoms with Crippen molar-refractivity contribution in [2.45, 2.75) is 0 Å². The van der Waals surface area contributed by atoms with E-state index in [4.69, 9.17) is 5.73 Å². The van der Waals surface area contributed by atoms with Crippen LogP contribution < -0.4 is 10.7 Å². The predicted octanol–water partition coefficient (Wildman–Crippen LogP) is 1.23. The van der Waals surface area contributed by atoms with Crippen LogP contribution in [0.15, 0.2) is 36.2 Å². The van der Waals surface area contributed by atoms with Crippen LogP contribution in [-0.2, 0) is 0 Å². The molecule has 0 spiro atoms. The summed E-state index contributed by atoms with van der Waals surface area (Å²) in [7, 11) is 0. The molecule has 0 atom stereocenters. The highest BCUT2D eigenvalue weighted by atomic mass is 15.5. The maximum absolute atomic E-state index is 5.46. The van der Waals surface area contributed by atoms with Crippen LogP contribution in [0, 0.1) is 0 Å². The Balaban J connectivity index is 2.94. The topological polar surface area (TPSA) is 54.5 Å². The van der Waals surface area contributed by atoms with Crippen LogP contribution >= 0.6 is 0 Å². The summed E-state index contributed by atoms with van der Waals surface area (Å²) in [4.78, 5) is 4.02. The number of rotatable bonds is 3. The Morgan fingerprint density at radius 1 is 1.58 bits per heavy atom. The summed E-state index contributed by atoms with van der Waals surface area (Å²) >= 11 is 0. The van der Waals surface area contributed by atoms with Gasteiger partial charge in [0.25, 0.3) is 0 Å². The first kappa shape index (κ1) is 8.26. The number of nitrogens with two attached hydrogens (primary N) is 1. The normalized spacial score (nSPS) is 9.00. The van der Waals surface area contributed by atoms with E-state index in [2.05, 4.69) is 23.4 Å². The molecule has 1 aromatic heterocycles. The fraction of sp³-hybridized carbons (Fsp3) is 0. The Labute approximate surface area is 71.0 Å². The molecule has 0 radical (unpaired) electrons. The summed E-state index contributed by atoms with van der Waals surface area (Å²) in [5.41, 5.74) is 6.07. The van der Waals surface area contributed by atoms with E-state index in [0.29, 0.717) is 11.5 Å². The molecule has 0 aromatic carbocycles. The lowest BCUT2D eigenvalue weighted by Crippen LogP contribution is -2.07. The largest absolute Gasteiger partial charge is 0.397 e. The maximum atomic E-state index is 5.46. The van der Waals surface area contributed by atoms with E-state index in [-0.39, 0.29) is 0 Å². The second-order valence-corrected chi connectivity index (χ2v) is 2.12. The number of hydrazone groups is 1. The minimum Gasteiger partial charge on any atom is -0.397 e. The zero-order valence-corrected chi connectivity index (χ0v) is 6.64. The van der Waals surface area contributed by atoms with Crippen molar-refractivity contribution in [3.8, 4) is 0 Å². The van der Waals surface area contributed by atoms with Crippen LogP contribution in [0.3, 0.4) is 0 Å². The van der Waals surface area contributed by atoms with Crippen LogP contribution in [0.4, 0.5) is 11.5 Å². The molecular formula is C8H10N4. The van der Waals surface area contributed by atoms with E-state index in [1.165, 1.54) is 11.2 Å². The Hall–Kier alpha value is -1.84. The number of anilines is 2. The Kier molecular flexibility index (Phi) is 2.42. The standard InChI is InChI=1S/C8H10N4/c1-3-12(10-2)8-5-4-7(9)6-11-8/h3-6H,1-2,9H2. The quantitative estimate of drug-likeness (QED) is 0.537. The van der Waals surface area contributed by atoms with Gasteiger partial charge in [-0.15, -0.1) is 0 Å². The Morgan fingerprint density at radius 2 is 2.33 bits per heavy atom. The Bertz CT molecular complexity index is 270. The first-order valence-electron chi connectivity index (χ1n) is 3.38. The van der Waals surface area contributed by atoms with Gasteiger partial charge < -0.3 is 5.73 Å². The van der Waals surface area contributed by atoms with Crippen LogP contribution in [0.25, 0.3) is 0 Å². The molecule has 0 aliphatic rings. The third-order valence-corrected chi connectivity index (χ3v) is 1.33. The van der Waals surface area contributed by atoms with Gasteiger partial charge in [-0.2, -0.15) is 5.10 Å². The fourth-order valence-corrected chi connectivity index (χ4v) is 0.757. The number of hydrogen-bond donors (Lipinski definition) is 1. The molecule has 62 valence electrons. The van der Waals surface area contributed by atoms with Gasteiger partial charge in [0.05, 0.1) is 11.9 Å². The van der Waals surface area contributed by atoms with Gasteiger partial charge in [0.1, 0.15) is 0 Å². The molecule has 0 fully saturated rings. The van der Waals surface area contributed by atoms with Gasteiger partial charge in [-0.3, -0.25) is 0 Å². The molecular weight excluding hydrogens is 152 g/mol. The summed E-state index contributed by atoms with van der Waals surface area (Å²) in [5.74, 6) is 0.647. The van der Waals surface area contributed by atoms with Crippen molar-refractivity contribution >= 4 is 18.2 Å². The monoisotopic (exact) mass is 162 g/mol. The van der Waals surface area contributed by atoms with E-state index in [0.717, 1.165) is 0 Å². The molecule has 1 rings (SSSR count). The summed E-state index contributed by atoms with van der Waals surface area (Å²) < 4.78 is 0. The Morgan fingerprint density at radius 3 is 2.75 bits per heavy atom. The van der Waals surface area contributed by atoms with Crippen molar-refractivity contribution < 1.29 is 0 Å². The van der Waals surface area contributed by atoms with Gasteiger partial charge >= 0.3 is 0 Å². The molecule has 0 amide bonds. The molecule has 4 heteroatoms. The number of aromatic nitrogens is 1. The second-order valence-electron chi connectivity index (χ2n) is 2.12. The molecule has 1 aromatic rings. The number of pyridine rings is 1. The smallest absolute Gasteiger partial charge is 0.153 e. The van der Waals surface area contributed by atoms with Crippen molar-refractivity contribution in [3.63, 3.8) is 0 Å². The SMILES string of the molecule is C=CN(N=C)c1ccc(N)cn1. The van der Waals surface area contributed by atoms with E-state index in [9.17, 15) is 0 Å². The minimum atomic E-state index is 0.617. The zero-order valence-electron chi connectivity index (χ0n) is 6.64. The molecule has 0 saturated carbocycles. The fourth-order valence-electron chi connectivity index (χ4n) is 0.757. The van der Waals surface area contributed by atoms with Gasteiger partial charge in [-0.05, 0) is 12.1 Å². The van der Waals surface area contributed by atoms with Crippen molar-refractivity contribution in [1.82, 2.24) is 4.98 Å². The van der Waals surface area contributed by atoms with Crippen molar-refractivity contribution in [2.24, 2.45) is 5.10 Å². The predicted molar refractivity (Wildman–Crippen MR) is 50.9 cm³/mol. The van der Waals surface area contributed by atoms with Crippen LogP contribution in [0.1, 0.15) is 0 Å². The molecule has 0 bridgehead atoms. The lowest BCUT2D eigenvalue weighted by molar-refractivity contribution is 1.04. The van der Waals surface area contributed by atoms with E-state index in [1.807, 2.05) is 0 Å². The lowest BCUT2D eigenvalue weighted by atomic mass is 10.4. The third-order valence-electron chi connectivity index (χ3n) is 1.33. The summed E-state index contributed by atoms with van der Waals surface area (Å²) in [6.07, 6.45) is 3.07. The van der Waals surface area contributed by atoms with E-state index in [1.54, 1.807) is 18.3 Å². The molecule has 4 nitrogen and oxygen atoms in total. The maximum Gasteiger partial charge on any atom is 0.153 e. The molecule has 0 unspecified atom stereocenters. The molecule has 0 aliphatic heterocycles. The summed E-state index contributed by atoms with van der Waals surface area (Å²) in [5, 5.41) is 5.13. The molecule has 12 heavy (non-hydrogen) atoms. The molecule has 0 saturated heterocycles. The van der Waals surface area contributed by atoms with Crippen molar-refractivity contribution in [2.75, 3.05) is 10.7 Å². The highest BCUT2D eigenvalue weighted by Crippen LogP contribution is 2.11. The van der Waals surface area contributed by atoms with Crippen LogP contribution in [0.5, 0.6) is 0 Å². The molecule has 1 heterocycles. The van der Waals surface area contributed by atoms with Crippen molar-refractivity contribution in [1.29, 1.82) is 0 Å². The number of nitrogen functional groups attached to an aromatic ring is 1. The molecule has 2 N–H and O–H groups in total. The molecule has 0 aliphatic carbocycles. The highest BCUT2D eigenvalue weighted by molar-refractivity contribution is 5.48. The summed E-state index contributed by atoms with van der Waals surface area (Å²) in [6.45, 7) is 6.92. The third kappa shape index (κ3) is 1.60. The van der Waals surface area contributed by atoms with Gasteiger partial charge in [0.15, 0.2) is 5.82 Å². The first-order chi connectivity index (χ1) is 5.77. The second kappa shape index (κ2) is 3.52. The van der Waals surface area contributed by atoms with Gasteiger partial charge in [-0.1, -0.05) is 6.58 Å². The van der Waals surface area contributed by atoms with Crippen LogP contribution in [0.2, 0.25) is 0 Å². The van der Waals surface area contributed by atoms with E-state index < -0.39 is 0 Å². The average molecular weight is 162 g/mol. The minimum absolute atomic E-state index is 0.617. The van der Waals surface area contributed by atoms with E-state index >= 15 is 0 Å². The number of nitrogens with zero attached hydrogens (tertiary/aromatic N) is 3. The zero-order chi connectivity index (χ0) is 8.97. The van der Waals surface area contributed by atoms with Gasteiger partial charge in [-0.25, -0.2) is 9.99 Å². The van der Waals surface area contributed by atoms with Crippen LogP contribution in [-0.4, -0.2) is 11.7 Å². The first-order valence-corrected chi connectivity index (χ1v) is 3.38.